The van der Waals surface area contributed by atoms with Gasteiger partial charge in [0.2, 0.25) is 0 Å². The van der Waals surface area contributed by atoms with E-state index < -0.39 is 0 Å². The molecule has 1 saturated carbocycles. The largest absolute Gasteiger partial charge is 0.508 e. The Morgan fingerprint density at radius 2 is 1.88 bits per heavy atom. The first kappa shape index (κ1) is 15.3. The van der Waals surface area contributed by atoms with E-state index in [1.54, 1.807) is 25.3 Å². The fraction of sp³-hybridized carbons (Fsp3) is 0.400. The van der Waals surface area contributed by atoms with E-state index in [1.807, 2.05) is 18.2 Å². The van der Waals surface area contributed by atoms with Gasteiger partial charge in [0.15, 0.2) is 0 Å². The van der Waals surface area contributed by atoms with E-state index >= 15 is 0 Å². The van der Waals surface area contributed by atoms with Crippen molar-refractivity contribution in [1.29, 1.82) is 0 Å². The molecule has 0 spiro atoms. The van der Waals surface area contributed by atoms with Gasteiger partial charge >= 0.3 is 0 Å². The van der Waals surface area contributed by atoms with Gasteiger partial charge < -0.3 is 19.7 Å². The van der Waals surface area contributed by atoms with Crippen LogP contribution in [-0.2, 0) is 11.3 Å². The molecule has 4 heteroatoms. The van der Waals surface area contributed by atoms with Gasteiger partial charge in [-0.2, -0.15) is 0 Å². The molecule has 1 aliphatic carbocycles. The molecular weight excluding hydrogens is 304 g/mol. The Morgan fingerprint density at radius 3 is 2.62 bits per heavy atom. The number of benzene rings is 2. The fourth-order valence-corrected chi connectivity index (χ4v) is 4.31. The minimum absolute atomic E-state index is 0.0225. The standard InChI is InChI=1S/C20H22O4/c1-23-11-13-9-15(22)10-18-16-3-2-4-17(16)19(24-20(13)18)12-5-7-14(21)8-6-12/h5-10,16-17,19,21-22H,2-4,11H2,1H3/t16-,17?,19?/m1/s1. The molecule has 1 fully saturated rings. The molecule has 0 radical (unpaired) electrons. The molecule has 24 heavy (non-hydrogen) atoms. The average molecular weight is 326 g/mol. The van der Waals surface area contributed by atoms with Crippen molar-refractivity contribution in [3.63, 3.8) is 0 Å². The van der Waals surface area contributed by atoms with Crippen molar-refractivity contribution in [2.75, 3.05) is 7.11 Å². The third-order valence-electron chi connectivity index (χ3n) is 5.30. The van der Waals surface area contributed by atoms with E-state index in [1.165, 1.54) is 6.42 Å². The maximum Gasteiger partial charge on any atom is 0.129 e. The highest BCUT2D eigenvalue weighted by atomic mass is 16.5. The number of phenols is 2. The molecule has 2 N–H and O–H groups in total. The van der Waals surface area contributed by atoms with Gasteiger partial charge in [-0.15, -0.1) is 0 Å². The average Bonchev–Trinajstić information content (AvgIpc) is 3.05. The normalized spacial score (nSPS) is 25.0. The van der Waals surface area contributed by atoms with Crippen molar-refractivity contribution in [3.05, 3.63) is 53.1 Å². The summed E-state index contributed by atoms with van der Waals surface area (Å²) in [7, 11) is 1.65. The van der Waals surface area contributed by atoms with Crippen LogP contribution in [0.1, 0.15) is 48.0 Å². The summed E-state index contributed by atoms with van der Waals surface area (Å²) >= 11 is 0. The number of hydrogen-bond acceptors (Lipinski definition) is 4. The molecule has 2 aromatic rings. The first-order valence-corrected chi connectivity index (χ1v) is 8.47. The highest BCUT2D eigenvalue weighted by molar-refractivity contribution is 5.51. The third-order valence-corrected chi connectivity index (χ3v) is 5.30. The van der Waals surface area contributed by atoms with Gasteiger partial charge in [-0.3, -0.25) is 0 Å². The van der Waals surface area contributed by atoms with Crippen LogP contribution in [0.25, 0.3) is 0 Å². The van der Waals surface area contributed by atoms with Crippen molar-refractivity contribution >= 4 is 0 Å². The van der Waals surface area contributed by atoms with E-state index in [0.717, 1.165) is 35.3 Å². The van der Waals surface area contributed by atoms with Crippen molar-refractivity contribution in [2.24, 2.45) is 5.92 Å². The lowest BCUT2D eigenvalue weighted by Crippen LogP contribution is -2.27. The van der Waals surface area contributed by atoms with Crippen LogP contribution in [-0.4, -0.2) is 17.3 Å². The Hall–Kier alpha value is -2.20. The van der Waals surface area contributed by atoms with E-state index in [2.05, 4.69) is 0 Å². The van der Waals surface area contributed by atoms with Gasteiger partial charge in [0.25, 0.3) is 0 Å². The SMILES string of the molecule is COCc1cc(O)cc2c1OC(c1ccc(O)cc1)C1CCC[C@@H]21. The second kappa shape index (κ2) is 6.02. The van der Waals surface area contributed by atoms with Gasteiger partial charge in [-0.25, -0.2) is 0 Å². The predicted molar refractivity (Wildman–Crippen MR) is 90.4 cm³/mol. The second-order valence-corrected chi connectivity index (χ2v) is 6.79. The fourth-order valence-electron chi connectivity index (χ4n) is 4.31. The summed E-state index contributed by atoms with van der Waals surface area (Å²) in [5.74, 6) is 2.20. The molecule has 4 rings (SSSR count). The zero-order chi connectivity index (χ0) is 16.7. The molecule has 0 saturated heterocycles. The van der Waals surface area contributed by atoms with E-state index in [-0.39, 0.29) is 17.6 Å². The van der Waals surface area contributed by atoms with Crippen molar-refractivity contribution < 1.29 is 19.7 Å². The van der Waals surface area contributed by atoms with E-state index in [0.29, 0.717) is 18.4 Å². The lowest BCUT2D eigenvalue weighted by atomic mass is 9.79. The molecule has 2 aliphatic rings. The Balaban J connectivity index is 1.80. The summed E-state index contributed by atoms with van der Waals surface area (Å²) in [6, 6.07) is 10.9. The number of phenolic OH excluding ortho intramolecular Hbond substituents is 2. The van der Waals surface area contributed by atoms with E-state index in [9.17, 15) is 10.2 Å². The Morgan fingerprint density at radius 1 is 1.08 bits per heavy atom. The number of ether oxygens (including phenoxy) is 2. The molecule has 3 atom stereocenters. The summed E-state index contributed by atoms with van der Waals surface area (Å²) in [5.41, 5.74) is 3.09. The summed E-state index contributed by atoms with van der Waals surface area (Å²) in [4.78, 5) is 0. The number of rotatable bonds is 3. The minimum atomic E-state index is -0.0225. The van der Waals surface area contributed by atoms with E-state index in [4.69, 9.17) is 9.47 Å². The zero-order valence-corrected chi connectivity index (χ0v) is 13.7. The summed E-state index contributed by atoms with van der Waals surface area (Å²) in [6.07, 6.45) is 3.38. The monoisotopic (exact) mass is 326 g/mol. The van der Waals surface area contributed by atoms with Crippen LogP contribution >= 0.6 is 0 Å². The smallest absolute Gasteiger partial charge is 0.129 e. The molecule has 0 aromatic heterocycles. The Labute approximate surface area is 141 Å². The van der Waals surface area contributed by atoms with Gasteiger partial charge in [0.1, 0.15) is 23.4 Å². The topological polar surface area (TPSA) is 58.9 Å². The van der Waals surface area contributed by atoms with Crippen LogP contribution in [0.3, 0.4) is 0 Å². The van der Waals surface area contributed by atoms with Crippen molar-refractivity contribution in [1.82, 2.24) is 0 Å². The van der Waals surface area contributed by atoms with Gasteiger partial charge in [0, 0.05) is 24.2 Å². The first-order chi connectivity index (χ1) is 11.7. The minimum Gasteiger partial charge on any atom is -0.508 e. The summed E-state index contributed by atoms with van der Waals surface area (Å²) in [6.45, 7) is 0.413. The molecular formula is C20H22O4. The first-order valence-electron chi connectivity index (χ1n) is 8.47. The highest BCUT2D eigenvalue weighted by Crippen LogP contribution is 2.55. The Bertz CT molecular complexity index is 738. The molecule has 1 aliphatic heterocycles. The van der Waals surface area contributed by atoms with Crippen LogP contribution in [0.2, 0.25) is 0 Å². The van der Waals surface area contributed by atoms with Gasteiger partial charge in [-0.05, 0) is 48.6 Å². The molecule has 0 bridgehead atoms. The Kier molecular flexibility index (Phi) is 3.85. The van der Waals surface area contributed by atoms with Crippen LogP contribution in [0, 0.1) is 5.92 Å². The second-order valence-electron chi connectivity index (χ2n) is 6.79. The van der Waals surface area contributed by atoms with Crippen LogP contribution in [0.4, 0.5) is 0 Å². The van der Waals surface area contributed by atoms with Crippen LogP contribution < -0.4 is 4.74 Å². The maximum atomic E-state index is 10.1. The number of aromatic hydroxyl groups is 2. The quantitative estimate of drug-likeness (QED) is 0.885. The molecule has 2 unspecified atom stereocenters. The number of methoxy groups -OCH3 is 1. The maximum absolute atomic E-state index is 10.1. The highest BCUT2D eigenvalue weighted by Gasteiger charge is 2.42. The van der Waals surface area contributed by atoms with Crippen LogP contribution in [0.15, 0.2) is 36.4 Å². The molecule has 2 aromatic carbocycles. The van der Waals surface area contributed by atoms with Crippen LogP contribution in [0.5, 0.6) is 17.2 Å². The van der Waals surface area contributed by atoms with Crippen molar-refractivity contribution in [3.8, 4) is 17.2 Å². The van der Waals surface area contributed by atoms with Gasteiger partial charge in [0.05, 0.1) is 6.61 Å². The molecule has 1 heterocycles. The number of fused-ring (bicyclic) bond motifs is 3. The number of hydrogen-bond donors (Lipinski definition) is 2. The van der Waals surface area contributed by atoms with Crippen molar-refractivity contribution in [2.45, 2.75) is 37.9 Å². The van der Waals surface area contributed by atoms with Gasteiger partial charge in [-0.1, -0.05) is 18.6 Å². The predicted octanol–water partition coefficient (Wildman–Crippen LogP) is 4.26. The summed E-state index contributed by atoms with van der Waals surface area (Å²) in [5, 5.41) is 19.6. The lowest BCUT2D eigenvalue weighted by Gasteiger charge is -2.37. The summed E-state index contributed by atoms with van der Waals surface area (Å²) < 4.78 is 11.7. The molecule has 126 valence electrons. The molecule has 0 amide bonds. The lowest BCUT2D eigenvalue weighted by molar-refractivity contribution is 0.0972. The zero-order valence-electron chi connectivity index (χ0n) is 13.7. The molecule has 4 nitrogen and oxygen atoms in total. The third kappa shape index (κ3) is 2.51.